The molecule has 202 valence electrons. The van der Waals surface area contributed by atoms with Gasteiger partial charge in [0.05, 0.1) is 12.2 Å². The molecule has 2 aromatic rings. The highest BCUT2D eigenvalue weighted by atomic mass is 19.1. The number of piperidine rings is 1. The molecule has 0 bridgehead atoms. The predicted octanol–water partition coefficient (Wildman–Crippen LogP) is 2.34. The van der Waals surface area contributed by atoms with Crippen molar-refractivity contribution < 1.29 is 33.0 Å². The summed E-state index contributed by atoms with van der Waals surface area (Å²) in [5, 5.41) is 5.47. The van der Waals surface area contributed by atoms with E-state index in [1.165, 1.54) is 17.9 Å². The van der Waals surface area contributed by atoms with Crippen LogP contribution in [0.3, 0.4) is 0 Å². The van der Waals surface area contributed by atoms with Crippen molar-refractivity contribution in [2.45, 2.75) is 45.4 Å². The van der Waals surface area contributed by atoms with E-state index in [1.807, 2.05) is 6.07 Å². The fourth-order valence-electron chi connectivity index (χ4n) is 4.36. The monoisotopic (exact) mass is 527 g/mol. The predicted molar refractivity (Wildman–Crippen MR) is 136 cm³/mol. The first-order chi connectivity index (χ1) is 18.2. The number of nitrogens with one attached hydrogen (secondary N) is 2. The third-order valence-electron chi connectivity index (χ3n) is 6.37. The Morgan fingerprint density at radius 3 is 2.53 bits per heavy atom. The number of esters is 1. The molecule has 0 aliphatic carbocycles. The van der Waals surface area contributed by atoms with Gasteiger partial charge in [0.15, 0.2) is 12.8 Å². The molecule has 3 amide bonds. The molecule has 11 nitrogen and oxygen atoms in total. The molecule has 0 radical (unpaired) electrons. The molecule has 2 saturated heterocycles. The van der Waals surface area contributed by atoms with E-state index >= 15 is 4.39 Å². The third kappa shape index (κ3) is 6.55. The number of rotatable bonds is 8. The van der Waals surface area contributed by atoms with E-state index in [2.05, 4.69) is 20.5 Å². The van der Waals surface area contributed by atoms with Crippen LogP contribution in [0, 0.1) is 5.82 Å². The number of pyridine rings is 1. The SMILES string of the molecule is CCC(=O)NC1CN(c2ccc(-c3ccc(N4CCC(NC(=O)COC(C)=O)CC4)nc3)c(F)c2)C(=O)O1. The minimum atomic E-state index is -0.781. The van der Waals surface area contributed by atoms with Crippen LogP contribution < -0.4 is 20.4 Å². The van der Waals surface area contributed by atoms with Crippen LogP contribution >= 0.6 is 0 Å². The number of cyclic esters (lactones) is 1. The third-order valence-corrected chi connectivity index (χ3v) is 6.37. The van der Waals surface area contributed by atoms with E-state index in [-0.39, 0.29) is 37.4 Å². The summed E-state index contributed by atoms with van der Waals surface area (Å²) in [6, 6.07) is 8.06. The first-order valence-corrected chi connectivity index (χ1v) is 12.4. The van der Waals surface area contributed by atoms with Crippen LogP contribution in [0.1, 0.15) is 33.1 Å². The van der Waals surface area contributed by atoms with Gasteiger partial charge < -0.3 is 25.0 Å². The van der Waals surface area contributed by atoms with Gasteiger partial charge in [-0.25, -0.2) is 14.2 Å². The zero-order valence-corrected chi connectivity index (χ0v) is 21.2. The number of aromatic nitrogens is 1. The largest absolute Gasteiger partial charge is 0.456 e. The normalized spacial score (nSPS) is 17.7. The number of benzene rings is 1. The molecule has 3 heterocycles. The summed E-state index contributed by atoms with van der Waals surface area (Å²) in [4.78, 5) is 54.3. The molecule has 12 heteroatoms. The van der Waals surface area contributed by atoms with Crippen LogP contribution in [-0.2, 0) is 23.9 Å². The summed E-state index contributed by atoms with van der Waals surface area (Å²) in [7, 11) is 0. The maximum atomic E-state index is 15.0. The zero-order chi connectivity index (χ0) is 27.2. The van der Waals surface area contributed by atoms with Crippen molar-refractivity contribution >= 4 is 35.4 Å². The Kier molecular flexibility index (Phi) is 8.39. The summed E-state index contributed by atoms with van der Waals surface area (Å²) in [6.45, 7) is 4.12. The lowest BCUT2D eigenvalue weighted by atomic mass is 10.0. The summed E-state index contributed by atoms with van der Waals surface area (Å²) >= 11 is 0. The Bertz CT molecular complexity index is 1200. The molecule has 2 aliphatic heterocycles. The molecule has 38 heavy (non-hydrogen) atoms. The molecule has 4 rings (SSSR count). The van der Waals surface area contributed by atoms with Crippen molar-refractivity contribution in [2.24, 2.45) is 0 Å². The minimum absolute atomic E-state index is 0.00715. The number of hydrogen-bond acceptors (Lipinski definition) is 8. The lowest BCUT2D eigenvalue weighted by Gasteiger charge is -2.33. The van der Waals surface area contributed by atoms with Gasteiger partial charge in [0, 0.05) is 49.8 Å². The molecule has 1 aromatic heterocycles. The van der Waals surface area contributed by atoms with Gasteiger partial charge in [0.1, 0.15) is 11.6 Å². The van der Waals surface area contributed by atoms with Crippen molar-refractivity contribution in [3.05, 3.63) is 42.3 Å². The molecule has 1 unspecified atom stereocenters. The number of ether oxygens (including phenoxy) is 2. The first-order valence-electron chi connectivity index (χ1n) is 12.4. The number of carbonyl (C=O) groups is 4. The van der Waals surface area contributed by atoms with E-state index < -0.39 is 24.1 Å². The van der Waals surface area contributed by atoms with E-state index in [9.17, 15) is 19.2 Å². The summed E-state index contributed by atoms with van der Waals surface area (Å²) in [6.07, 6.45) is 1.86. The van der Waals surface area contributed by atoms with Crippen molar-refractivity contribution in [2.75, 3.05) is 36.0 Å². The van der Waals surface area contributed by atoms with Crippen molar-refractivity contribution in [3.63, 3.8) is 0 Å². The lowest BCUT2D eigenvalue weighted by Crippen LogP contribution is -2.46. The Morgan fingerprint density at radius 2 is 1.89 bits per heavy atom. The van der Waals surface area contributed by atoms with E-state index in [0.29, 0.717) is 42.7 Å². The summed E-state index contributed by atoms with van der Waals surface area (Å²) in [5.74, 6) is -0.830. The summed E-state index contributed by atoms with van der Waals surface area (Å²) in [5.41, 5.74) is 1.25. The summed E-state index contributed by atoms with van der Waals surface area (Å²) < 4.78 is 24.9. The molecule has 2 N–H and O–H groups in total. The van der Waals surface area contributed by atoms with Crippen LogP contribution in [0.15, 0.2) is 36.5 Å². The first kappa shape index (κ1) is 26.8. The number of halogens is 1. The Balaban J connectivity index is 1.33. The minimum Gasteiger partial charge on any atom is -0.456 e. The van der Waals surface area contributed by atoms with Crippen molar-refractivity contribution in [1.82, 2.24) is 15.6 Å². The highest BCUT2D eigenvalue weighted by Crippen LogP contribution is 2.29. The number of nitrogens with zero attached hydrogens (tertiary/aromatic N) is 3. The van der Waals surface area contributed by atoms with Crippen LogP contribution in [0.2, 0.25) is 0 Å². The second-order valence-electron chi connectivity index (χ2n) is 9.08. The Hall–Kier alpha value is -4.22. The van der Waals surface area contributed by atoms with E-state index in [0.717, 1.165) is 5.82 Å². The van der Waals surface area contributed by atoms with Gasteiger partial charge in [-0.1, -0.05) is 6.92 Å². The number of anilines is 2. The molecular formula is C26H30FN5O6. The smallest absolute Gasteiger partial charge is 0.416 e. The van der Waals surface area contributed by atoms with Crippen LogP contribution in [0.5, 0.6) is 0 Å². The number of amides is 3. The molecule has 2 aliphatic rings. The molecule has 2 fully saturated rings. The number of carbonyl (C=O) groups excluding carboxylic acids is 4. The highest BCUT2D eigenvalue weighted by Gasteiger charge is 2.33. The van der Waals surface area contributed by atoms with Crippen LogP contribution in [-0.4, -0.2) is 67.4 Å². The van der Waals surface area contributed by atoms with Gasteiger partial charge in [-0.05, 0) is 43.2 Å². The molecule has 1 atom stereocenters. The maximum absolute atomic E-state index is 15.0. The molecular weight excluding hydrogens is 497 g/mol. The average Bonchev–Trinajstić information content (AvgIpc) is 3.27. The van der Waals surface area contributed by atoms with Gasteiger partial charge in [0.25, 0.3) is 5.91 Å². The molecule has 0 saturated carbocycles. The van der Waals surface area contributed by atoms with Gasteiger partial charge in [-0.15, -0.1) is 0 Å². The van der Waals surface area contributed by atoms with Gasteiger partial charge in [-0.3, -0.25) is 19.3 Å². The number of hydrogen-bond donors (Lipinski definition) is 2. The van der Waals surface area contributed by atoms with Crippen LogP contribution in [0.25, 0.3) is 11.1 Å². The fourth-order valence-corrected chi connectivity index (χ4v) is 4.36. The Labute approximate surface area is 219 Å². The van der Waals surface area contributed by atoms with E-state index in [4.69, 9.17) is 9.47 Å². The van der Waals surface area contributed by atoms with Crippen LogP contribution in [0.4, 0.5) is 20.7 Å². The highest BCUT2D eigenvalue weighted by molar-refractivity contribution is 5.90. The standard InChI is InChI=1S/C26H30FN5O6/c1-3-23(34)30-25-14-32(26(36)38-25)19-5-6-20(21(27)12-19)17-4-7-22(28-13-17)31-10-8-18(9-11-31)29-24(35)15-37-16(2)33/h4-7,12-13,18,25H,3,8-11,14-15H2,1-2H3,(H,29,35)(H,30,34). The lowest BCUT2D eigenvalue weighted by molar-refractivity contribution is -0.146. The topological polar surface area (TPSA) is 130 Å². The van der Waals surface area contributed by atoms with Crippen molar-refractivity contribution in [3.8, 4) is 11.1 Å². The molecule has 0 spiro atoms. The Morgan fingerprint density at radius 1 is 1.13 bits per heavy atom. The molecule has 1 aromatic carbocycles. The maximum Gasteiger partial charge on any atom is 0.416 e. The van der Waals surface area contributed by atoms with Gasteiger partial charge >= 0.3 is 12.1 Å². The van der Waals surface area contributed by atoms with Gasteiger partial charge in [-0.2, -0.15) is 0 Å². The van der Waals surface area contributed by atoms with Crippen molar-refractivity contribution in [1.29, 1.82) is 0 Å². The van der Waals surface area contributed by atoms with E-state index in [1.54, 1.807) is 31.3 Å². The second kappa shape index (κ2) is 11.9. The quantitative estimate of drug-likeness (QED) is 0.501. The van der Waals surface area contributed by atoms with Gasteiger partial charge in [0.2, 0.25) is 5.91 Å². The fraction of sp³-hybridized carbons (Fsp3) is 0.423. The average molecular weight is 528 g/mol. The zero-order valence-electron chi connectivity index (χ0n) is 21.2. The second-order valence-corrected chi connectivity index (χ2v) is 9.08.